The molecule has 0 aliphatic carbocycles. The van der Waals surface area contributed by atoms with Crippen LogP contribution in [-0.2, 0) is 0 Å². The normalized spacial score (nSPS) is 11.9. The summed E-state index contributed by atoms with van der Waals surface area (Å²) in [5.74, 6) is 1.03. The second kappa shape index (κ2) is 5.49. The molecule has 0 bridgehead atoms. The molecule has 2 rings (SSSR count). The molecule has 1 atom stereocenters. The van der Waals surface area contributed by atoms with Crippen molar-refractivity contribution in [2.24, 2.45) is 5.73 Å². The Bertz CT molecular complexity index is 597. The third-order valence-corrected chi connectivity index (χ3v) is 2.67. The van der Waals surface area contributed by atoms with E-state index in [9.17, 15) is 10.1 Å². The van der Waals surface area contributed by atoms with E-state index in [1.54, 1.807) is 18.2 Å². The Hall–Kier alpha value is -2.40. The summed E-state index contributed by atoms with van der Waals surface area (Å²) in [6, 6.07) is 13.3. The fraction of sp³-hybridized carbons (Fsp3) is 0.143. The summed E-state index contributed by atoms with van der Waals surface area (Å²) in [5.41, 5.74) is 6.71. The highest BCUT2D eigenvalue weighted by Crippen LogP contribution is 2.30. The van der Waals surface area contributed by atoms with Crippen molar-refractivity contribution >= 4 is 5.69 Å². The van der Waals surface area contributed by atoms with E-state index < -0.39 is 4.92 Å². The topological polar surface area (TPSA) is 78.4 Å². The van der Waals surface area contributed by atoms with Crippen molar-refractivity contribution in [2.45, 2.75) is 13.0 Å². The van der Waals surface area contributed by atoms with Crippen molar-refractivity contribution in [1.29, 1.82) is 0 Å². The zero-order valence-electron chi connectivity index (χ0n) is 10.4. The molecule has 2 aromatic carbocycles. The van der Waals surface area contributed by atoms with Crippen LogP contribution in [0.4, 0.5) is 5.69 Å². The SMILES string of the molecule is C[C@H](N)c1ccccc1Oc1cccc([N+](=O)[O-])c1. The van der Waals surface area contributed by atoms with Crippen LogP contribution in [-0.4, -0.2) is 4.92 Å². The molecule has 2 N–H and O–H groups in total. The summed E-state index contributed by atoms with van der Waals surface area (Å²) in [4.78, 5) is 10.3. The molecular formula is C14H14N2O3. The lowest BCUT2D eigenvalue weighted by atomic mass is 10.1. The number of nitrogens with two attached hydrogens (primary N) is 1. The monoisotopic (exact) mass is 258 g/mol. The number of nitro benzene ring substituents is 1. The number of para-hydroxylation sites is 1. The maximum atomic E-state index is 10.7. The maximum Gasteiger partial charge on any atom is 0.273 e. The molecule has 0 heterocycles. The van der Waals surface area contributed by atoms with Gasteiger partial charge >= 0.3 is 0 Å². The van der Waals surface area contributed by atoms with Gasteiger partial charge in [-0.1, -0.05) is 24.3 Å². The highest BCUT2D eigenvalue weighted by molar-refractivity contribution is 5.43. The van der Waals surface area contributed by atoms with Crippen molar-refractivity contribution in [1.82, 2.24) is 0 Å². The van der Waals surface area contributed by atoms with Gasteiger partial charge in [-0.25, -0.2) is 0 Å². The van der Waals surface area contributed by atoms with Crippen molar-refractivity contribution in [2.75, 3.05) is 0 Å². The van der Waals surface area contributed by atoms with Crippen LogP contribution >= 0.6 is 0 Å². The van der Waals surface area contributed by atoms with E-state index in [0.29, 0.717) is 11.5 Å². The van der Waals surface area contributed by atoms with Crippen molar-refractivity contribution < 1.29 is 9.66 Å². The highest BCUT2D eigenvalue weighted by Gasteiger charge is 2.10. The molecule has 0 spiro atoms. The molecule has 98 valence electrons. The number of nitrogens with zero attached hydrogens (tertiary/aromatic N) is 1. The molecule has 2 aromatic rings. The summed E-state index contributed by atoms with van der Waals surface area (Å²) < 4.78 is 5.68. The molecule has 0 saturated heterocycles. The lowest BCUT2D eigenvalue weighted by molar-refractivity contribution is -0.384. The molecule has 5 nitrogen and oxygen atoms in total. The minimum Gasteiger partial charge on any atom is -0.457 e. The molecule has 5 heteroatoms. The van der Waals surface area contributed by atoms with Crippen LogP contribution in [0.3, 0.4) is 0 Å². The van der Waals surface area contributed by atoms with Crippen molar-refractivity contribution in [3.05, 3.63) is 64.2 Å². The van der Waals surface area contributed by atoms with Gasteiger partial charge in [-0.05, 0) is 19.1 Å². The molecule has 19 heavy (non-hydrogen) atoms. The second-order valence-electron chi connectivity index (χ2n) is 4.18. The predicted octanol–water partition coefficient (Wildman–Crippen LogP) is 3.41. The van der Waals surface area contributed by atoms with Crippen LogP contribution in [0.2, 0.25) is 0 Å². The van der Waals surface area contributed by atoms with E-state index in [4.69, 9.17) is 10.5 Å². The smallest absolute Gasteiger partial charge is 0.273 e. The number of benzene rings is 2. The highest BCUT2D eigenvalue weighted by atomic mass is 16.6. The van der Waals surface area contributed by atoms with Gasteiger partial charge in [-0.2, -0.15) is 0 Å². The van der Waals surface area contributed by atoms with E-state index in [1.165, 1.54) is 12.1 Å². The third kappa shape index (κ3) is 3.08. The molecule has 0 radical (unpaired) electrons. The van der Waals surface area contributed by atoms with Gasteiger partial charge in [0.25, 0.3) is 5.69 Å². The van der Waals surface area contributed by atoms with Crippen molar-refractivity contribution in [3.8, 4) is 11.5 Å². The average molecular weight is 258 g/mol. The van der Waals surface area contributed by atoms with Crippen LogP contribution in [0.25, 0.3) is 0 Å². The zero-order valence-corrected chi connectivity index (χ0v) is 10.4. The number of non-ortho nitro benzene ring substituents is 1. The van der Waals surface area contributed by atoms with E-state index >= 15 is 0 Å². The molecule has 0 unspecified atom stereocenters. The van der Waals surface area contributed by atoms with Crippen LogP contribution in [0.1, 0.15) is 18.5 Å². The number of hydrogen-bond acceptors (Lipinski definition) is 4. The van der Waals surface area contributed by atoms with Gasteiger partial charge in [-0.15, -0.1) is 0 Å². The van der Waals surface area contributed by atoms with E-state index in [0.717, 1.165) is 5.56 Å². The molecule has 0 fully saturated rings. The minimum absolute atomic E-state index is 0.00391. The molecule has 0 aliphatic heterocycles. The van der Waals surface area contributed by atoms with Crippen LogP contribution in [0.5, 0.6) is 11.5 Å². The number of ether oxygens (including phenoxy) is 1. The van der Waals surface area contributed by atoms with E-state index in [-0.39, 0.29) is 11.7 Å². The molecular weight excluding hydrogens is 244 g/mol. The van der Waals surface area contributed by atoms with Gasteiger partial charge in [0.15, 0.2) is 0 Å². The Kier molecular flexibility index (Phi) is 3.77. The summed E-state index contributed by atoms with van der Waals surface area (Å²) in [6.07, 6.45) is 0. The first-order valence-electron chi connectivity index (χ1n) is 5.85. The Balaban J connectivity index is 2.31. The zero-order chi connectivity index (χ0) is 13.8. The Morgan fingerprint density at radius 1 is 1.21 bits per heavy atom. The van der Waals surface area contributed by atoms with Gasteiger partial charge in [0.05, 0.1) is 11.0 Å². The van der Waals surface area contributed by atoms with E-state index in [2.05, 4.69) is 0 Å². The van der Waals surface area contributed by atoms with Gasteiger partial charge in [0.2, 0.25) is 0 Å². The first kappa shape index (κ1) is 13.0. The first-order chi connectivity index (χ1) is 9.08. The number of nitro groups is 1. The Morgan fingerprint density at radius 2 is 1.95 bits per heavy atom. The third-order valence-electron chi connectivity index (χ3n) is 2.67. The van der Waals surface area contributed by atoms with E-state index in [1.807, 2.05) is 25.1 Å². The molecule has 0 aromatic heterocycles. The molecule has 0 saturated carbocycles. The average Bonchev–Trinajstić information content (AvgIpc) is 2.39. The Labute approximate surface area is 110 Å². The summed E-state index contributed by atoms with van der Waals surface area (Å²) in [6.45, 7) is 1.86. The lowest BCUT2D eigenvalue weighted by Gasteiger charge is -2.13. The van der Waals surface area contributed by atoms with Crippen LogP contribution < -0.4 is 10.5 Å². The maximum absolute atomic E-state index is 10.7. The summed E-state index contributed by atoms with van der Waals surface area (Å²) in [7, 11) is 0. The number of hydrogen-bond donors (Lipinski definition) is 1. The first-order valence-corrected chi connectivity index (χ1v) is 5.85. The quantitative estimate of drug-likeness (QED) is 0.673. The lowest BCUT2D eigenvalue weighted by Crippen LogP contribution is -2.06. The molecule has 0 aliphatic rings. The largest absolute Gasteiger partial charge is 0.457 e. The van der Waals surface area contributed by atoms with Crippen molar-refractivity contribution in [3.63, 3.8) is 0 Å². The van der Waals surface area contributed by atoms with Gasteiger partial charge in [0, 0.05) is 17.7 Å². The fourth-order valence-corrected chi connectivity index (χ4v) is 1.74. The minimum atomic E-state index is -0.454. The summed E-state index contributed by atoms with van der Waals surface area (Å²) >= 11 is 0. The van der Waals surface area contributed by atoms with Gasteiger partial charge < -0.3 is 10.5 Å². The van der Waals surface area contributed by atoms with Gasteiger partial charge in [0.1, 0.15) is 11.5 Å². The Morgan fingerprint density at radius 3 is 2.63 bits per heavy atom. The fourth-order valence-electron chi connectivity index (χ4n) is 1.74. The standard InChI is InChI=1S/C14H14N2O3/c1-10(15)13-7-2-3-8-14(13)19-12-6-4-5-11(9-12)16(17)18/h2-10H,15H2,1H3/t10-/m0/s1. The predicted molar refractivity (Wildman–Crippen MR) is 72.2 cm³/mol. The number of rotatable bonds is 4. The summed E-state index contributed by atoms with van der Waals surface area (Å²) in [5, 5.41) is 10.7. The molecule has 0 amide bonds. The van der Waals surface area contributed by atoms with Gasteiger partial charge in [-0.3, -0.25) is 10.1 Å². The second-order valence-corrected chi connectivity index (χ2v) is 4.18. The van der Waals surface area contributed by atoms with Crippen LogP contribution in [0.15, 0.2) is 48.5 Å². The van der Waals surface area contributed by atoms with Crippen LogP contribution in [0, 0.1) is 10.1 Å².